The third-order valence-corrected chi connectivity index (χ3v) is 3.92. The molecule has 3 heterocycles. The molecule has 1 fully saturated rings. The van der Waals surface area contributed by atoms with Crippen LogP contribution in [0, 0.1) is 10.1 Å². The quantitative estimate of drug-likeness (QED) is 0.636. The van der Waals surface area contributed by atoms with Gasteiger partial charge in [0.15, 0.2) is 0 Å². The first-order chi connectivity index (χ1) is 11.6. The molecule has 3 rings (SSSR count). The number of piperazine rings is 1. The van der Waals surface area contributed by atoms with Crippen molar-refractivity contribution >= 4 is 11.6 Å². The van der Waals surface area contributed by atoms with Crippen LogP contribution in [0.3, 0.4) is 0 Å². The molecule has 1 saturated heterocycles. The van der Waals surface area contributed by atoms with Gasteiger partial charge >= 0.3 is 11.6 Å². The molecule has 1 aliphatic rings. The standard InChI is InChI=1S/C14H17N5O5/c1-23-13-12(19(21)22)11(15-16-13)14(20)18-6-4-17(5-7-18)9-10-3-2-8-24-10/h2-3,8H,4-7,9H2,1H3,(H,15,16). The molecule has 10 heteroatoms. The smallest absolute Gasteiger partial charge is 0.362 e. The Labute approximate surface area is 137 Å². The van der Waals surface area contributed by atoms with Crippen molar-refractivity contribution in [1.29, 1.82) is 0 Å². The van der Waals surface area contributed by atoms with E-state index in [0.717, 1.165) is 5.76 Å². The van der Waals surface area contributed by atoms with E-state index in [-0.39, 0.29) is 11.6 Å². The second-order valence-corrected chi connectivity index (χ2v) is 5.36. The van der Waals surface area contributed by atoms with Crippen LogP contribution in [0.2, 0.25) is 0 Å². The molecule has 0 aliphatic carbocycles. The number of methoxy groups -OCH3 is 1. The SMILES string of the molecule is COc1n[nH]c(C(=O)N2CCN(Cc3ccco3)CC2)c1[N+](=O)[O-]. The molecule has 0 bridgehead atoms. The van der Waals surface area contributed by atoms with Gasteiger partial charge in [-0.05, 0) is 12.1 Å². The number of ether oxygens (including phenoxy) is 1. The molecule has 1 N–H and O–H groups in total. The minimum atomic E-state index is -0.664. The number of H-pyrrole nitrogens is 1. The maximum Gasteiger partial charge on any atom is 0.362 e. The Hall–Kier alpha value is -2.88. The van der Waals surface area contributed by atoms with Crippen LogP contribution in [0.25, 0.3) is 0 Å². The first-order valence-electron chi connectivity index (χ1n) is 7.41. The number of nitrogens with one attached hydrogen (secondary N) is 1. The number of carbonyl (C=O) groups is 1. The number of rotatable bonds is 5. The summed E-state index contributed by atoms with van der Waals surface area (Å²) in [4.78, 5) is 26.8. The molecular formula is C14H17N5O5. The Kier molecular flexibility index (Phi) is 4.47. The first kappa shape index (κ1) is 16.0. The molecule has 1 aliphatic heterocycles. The van der Waals surface area contributed by atoms with Gasteiger partial charge in [0, 0.05) is 26.2 Å². The van der Waals surface area contributed by atoms with Crippen LogP contribution in [-0.2, 0) is 6.54 Å². The van der Waals surface area contributed by atoms with Crippen molar-refractivity contribution in [2.75, 3.05) is 33.3 Å². The molecular weight excluding hydrogens is 318 g/mol. The monoisotopic (exact) mass is 335 g/mol. The van der Waals surface area contributed by atoms with E-state index in [2.05, 4.69) is 15.1 Å². The Balaban J connectivity index is 1.65. The average Bonchev–Trinajstić information content (AvgIpc) is 3.23. The van der Waals surface area contributed by atoms with Gasteiger partial charge in [-0.15, -0.1) is 5.10 Å². The van der Waals surface area contributed by atoms with Crippen molar-refractivity contribution in [2.45, 2.75) is 6.54 Å². The Morgan fingerprint density at radius 1 is 1.46 bits per heavy atom. The number of aromatic nitrogens is 2. The van der Waals surface area contributed by atoms with Gasteiger partial charge in [0.25, 0.3) is 5.91 Å². The largest absolute Gasteiger partial charge is 0.475 e. The fourth-order valence-corrected chi connectivity index (χ4v) is 2.67. The number of carbonyl (C=O) groups excluding carboxylic acids is 1. The zero-order valence-electron chi connectivity index (χ0n) is 13.1. The number of hydrogen-bond acceptors (Lipinski definition) is 7. The van der Waals surface area contributed by atoms with E-state index in [9.17, 15) is 14.9 Å². The van der Waals surface area contributed by atoms with Gasteiger partial charge in [0.1, 0.15) is 5.76 Å². The zero-order valence-corrected chi connectivity index (χ0v) is 13.1. The second kappa shape index (κ2) is 6.71. The summed E-state index contributed by atoms with van der Waals surface area (Å²) in [5.41, 5.74) is -0.586. The molecule has 1 amide bonds. The minimum Gasteiger partial charge on any atom is -0.475 e. The van der Waals surface area contributed by atoms with Gasteiger partial charge in [-0.1, -0.05) is 0 Å². The summed E-state index contributed by atoms with van der Waals surface area (Å²) in [6.07, 6.45) is 1.62. The highest BCUT2D eigenvalue weighted by atomic mass is 16.6. The summed E-state index contributed by atoms with van der Waals surface area (Å²) in [7, 11) is 1.27. The highest BCUT2D eigenvalue weighted by Crippen LogP contribution is 2.28. The molecule has 0 unspecified atom stereocenters. The molecule has 2 aromatic heterocycles. The van der Waals surface area contributed by atoms with E-state index in [1.54, 1.807) is 11.2 Å². The lowest BCUT2D eigenvalue weighted by Crippen LogP contribution is -2.48. The van der Waals surface area contributed by atoms with Crippen LogP contribution in [0.4, 0.5) is 5.69 Å². The van der Waals surface area contributed by atoms with Crippen LogP contribution in [0.5, 0.6) is 5.88 Å². The number of amides is 1. The summed E-state index contributed by atoms with van der Waals surface area (Å²) >= 11 is 0. The Morgan fingerprint density at radius 3 is 2.79 bits per heavy atom. The van der Waals surface area contributed by atoms with Gasteiger partial charge in [-0.2, -0.15) is 0 Å². The Bertz CT molecular complexity index is 718. The molecule has 10 nitrogen and oxygen atoms in total. The third kappa shape index (κ3) is 3.08. The minimum absolute atomic E-state index is 0.156. The van der Waals surface area contributed by atoms with Gasteiger partial charge < -0.3 is 14.1 Å². The van der Waals surface area contributed by atoms with E-state index in [1.807, 2.05) is 12.1 Å². The summed E-state index contributed by atoms with van der Waals surface area (Å²) < 4.78 is 10.1. The summed E-state index contributed by atoms with van der Waals surface area (Å²) in [5.74, 6) is 0.221. The molecule has 0 spiro atoms. The van der Waals surface area contributed by atoms with Gasteiger partial charge in [-0.25, -0.2) is 0 Å². The molecule has 24 heavy (non-hydrogen) atoms. The second-order valence-electron chi connectivity index (χ2n) is 5.36. The lowest BCUT2D eigenvalue weighted by molar-refractivity contribution is -0.386. The summed E-state index contributed by atoms with van der Waals surface area (Å²) in [6, 6.07) is 3.73. The fourth-order valence-electron chi connectivity index (χ4n) is 2.67. The van der Waals surface area contributed by atoms with E-state index < -0.39 is 16.5 Å². The van der Waals surface area contributed by atoms with Gasteiger partial charge in [0.05, 0.1) is 24.8 Å². The summed E-state index contributed by atoms with van der Waals surface area (Å²) in [6.45, 7) is 2.93. The maximum absolute atomic E-state index is 12.5. The zero-order chi connectivity index (χ0) is 17.1. The average molecular weight is 335 g/mol. The van der Waals surface area contributed by atoms with Crippen LogP contribution in [-0.4, -0.2) is 64.1 Å². The normalized spacial score (nSPS) is 15.5. The molecule has 128 valence electrons. The number of nitro groups is 1. The summed E-state index contributed by atoms with van der Waals surface area (Å²) in [5, 5.41) is 17.2. The van der Waals surface area contributed by atoms with Crippen LogP contribution in [0.1, 0.15) is 16.2 Å². The fraction of sp³-hybridized carbons (Fsp3) is 0.429. The number of nitrogens with zero attached hydrogens (tertiary/aromatic N) is 4. The number of hydrogen-bond donors (Lipinski definition) is 1. The van der Waals surface area contributed by atoms with Crippen molar-refractivity contribution in [3.63, 3.8) is 0 Å². The van der Waals surface area contributed by atoms with Crippen LogP contribution >= 0.6 is 0 Å². The lowest BCUT2D eigenvalue weighted by Gasteiger charge is -2.33. The molecule has 0 saturated carbocycles. The van der Waals surface area contributed by atoms with Crippen molar-refractivity contribution in [2.24, 2.45) is 0 Å². The van der Waals surface area contributed by atoms with Crippen LogP contribution < -0.4 is 4.74 Å². The van der Waals surface area contributed by atoms with Crippen LogP contribution in [0.15, 0.2) is 22.8 Å². The van der Waals surface area contributed by atoms with Crippen molar-refractivity contribution in [3.05, 3.63) is 40.0 Å². The molecule has 0 radical (unpaired) electrons. The molecule has 0 aromatic carbocycles. The molecule has 0 atom stereocenters. The van der Waals surface area contributed by atoms with E-state index in [4.69, 9.17) is 9.15 Å². The van der Waals surface area contributed by atoms with Gasteiger partial charge in [0.2, 0.25) is 5.69 Å². The van der Waals surface area contributed by atoms with Crippen molar-refractivity contribution in [3.8, 4) is 5.88 Å². The highest BCUT2D eigenvalue weighted by molar-refractivity contribution is 5.97. The van der Waals surface area contributed by atoms with E-state index in [0.29, 0.717) is 32.7 Å². The number of furan rings is 1. The first-order valence-corrected chi connectivity index (χ1v) is 7.41. The molecule has 2 aromatic rings. The maximum atomic E-state index is 12.5. The van der Waals surface area contributed by atoms with E-state index in [1.165, 1.54) is 7.11 Å². The third-order valence-electron chi connectivity index (χ3n) is 3.92. The topological polar surface area (TPSA) is 118 Å². The highest BCUT2D eigenvalue weighted by Gasteiger charge is 2.33. The van der Waals surface area contributed by atoms with Gasteiger partial charge in [-0.3, -0.25) is 24.9 Å². The van der Waals surface area contributed by atoms with E-state index >= 15 is 0 Å². The predicted molar refractivity (Wildman–Crippen MR) is 81.7 cm³/mol. The van der Waals surface area contributed by atoms with Crippen molar-refractivity contribution < 1.29 is 18.9 Å². The van der Waals surface area contributed by atoms with Crippen molar-refractivity contribution in [1.82, 2.24) is 20.0 Å². The predicted octanol–water partition coefficient (Wildman–Crippen LogP) is 0.877. The number of aromatic amines is 1. The lowest BCUT2D eigenvalue weighted by atomic mass is 10.2. The Morgan fingerprint density at radius 2 is 2.21 bits per heavy atom.